The van der Waals surface area contributed by atoms with Gasteiger partial charge in [0.1, 0.15) is 17.3 Å². The number of halogens is 3. The summed E-state index contributed by atoms with van der Waals surface area (Å²) in [5.41, 5.74) is -0.390. The van der Waals surface area contributed by atoms with Crippen LogP contribution in [-0.2, 0) is 4.79 Å². The molecule has 0 aliphatic rings. The first kappa shape index (κ1) is 12.9. The SMILES string of the molecule is O=C(CCCCCl)Nc1c(F)cccc1F. The number of carbonyl (C=O) groups is 1. The molecule has 1 aromatic rings. The van der Waals surface area contributed by atoms with Crippen LogP contribution in [0.3, 0.4) is 0 Å². The van der Waals surface area contributed by atoms with E-state index in [2.05, 4.69) is 5.32 Å². The zero-order valence-corrected chi connectivity index (χ0v) is 9.36. The molecule has 88 valence electrons. The van der Waals surface area contributed by atoms with Crippen LogP contribution in [0.1, 0.15) is 19.3 Å². The molecule has 0 saturated heterocycles. The third-order valence-electron chi connectivity index (χ3n) is 2.01. The van der Waals surface area contributed by atoms with E-state index in [1.54, 1.807) is 0 Å². The Morgan fingerprint density at radius 1 is 1.25 bits per heavy atom. The van der Waals surface area contributed by atoms with E-state index in [1.165, 1.54) is 6.07 Å². The van der Waals surface area contributed by atoms with Crippen molar-refractivity contribution in [2.75, 3.05) is 11.2 Å². The van der Waals surface area contributed by atoms with Gasteiger partial charge in [0.25, 0.3) is 0 Å². The van der Waals surface area contributed by atoms with Gasteiger partial charge in [-0.1, -0.05) is 6.07 Å². The highest BCUT2D eigenvalue weighted by Gasteiger charge is 2.11. The maximum atomic E-state index is 13.1. The Labute approximate surface area is 97.6 Å². The number of hydrogen-bond acceptors (Lipinski definition) is 1. The second kappa shape index (κ2) is 6.43. The van der Waals surface area contributed by atoms with Gasteiger partial charge in [0.2, 0.25) is 5.91 Å². The average molecular weight is 248 g/mol. The average Bonchev–Trinajstić information content (AvgIpc) is 2.24. The lowest BCUT2D eigenvalue weighted by molar-refractivity contribution is -0.116. The van der Waals surface area contributed by atoms with Crippen molar-refractivity contribution in [2.45, 2.75) is 19.3 Å². The lowest BCUT2D eigenvalue weighted by Crippen LogP contribution is -2.13. The topological polar surface area (TPSA) is 29.1 Å². The fourth-order valence-electron chi connectivity index (χ4n) is 1.20. The Hall–Kier alpha value is -1.16. The van der Waals surface area contributed by atoms with Crippen LogP contribution in [0, 0.1) is 11.6 Å². The highest BCUT2D eigenvalue weighted by atomic mass is 35.5. The minimum Gasteiger partial charge on any atom is -0.321 e. The normalized spacial score (nSPS) is 10.2. The summed E-state index contributed by atoms with van der Waals surface area (Å²) in [6, 6.07) is 3.43. The van der Waals surface area contributed by atoms with Crippen molar-refractivity contribution < 1.29 is 13.6 Å². The van der Waals surface area contributed by atoms with Gasteiger partial charge < -0.3 is 5.32 Å². The second-order valence-corrected chi connectivity index (χ2v) is 3.67. The van der Waals surface area contributed by atoms with Crippen LogP contribution < -0.4 is 5.32 Å². The van der Waals surface area contributed by atoms with Gasteiger partial charge in [0.05, 0.1) is 0 Å². The highest BCUT2D eigenvalue weighted by Crippen LogP contribution is 2.18. The molecular formula is C11H12ClF2NO. The van der Waals surface area contributed by atoms with Gasteiger partial charge in [0.15, 0.2) is 0 Å². The molecule has 16 heavy (non-hydrogen) atoms. The van der Waals surface area contributed by atoms with Crippen LogP contribution in [-0.4, -0.2) is 11.8 Å². The minimum atomic E-state index is -0.773. The monoisotopic (exact) mass is 247 g/mol. The van der Waals surface area contributed by atoms with E-state index < -0.39 is 23.2 Å². The first-order valence-electron chi connectivity index (χ1n) is 4.95. The smallest absolute Gasteiger partial charge is 0.224 e. The quantitative estimate of drug-likeness (QED) is 0.628. The minimum absolute atomic E-state index is 0.209. The number of unbranched alkanes of at least 4 members (excludes halogenated alkanes) is 1. The molecule has 0 aromatic heterocycles. The van der Waals surface area contributed by atoms with Gasteiger partial charge in [0, 0.05) is 12.3 Å². The molecule has 0 radical (unpaired) electrons. The van der Waals surface area contributed by atoms with Crippen LogP contribution in [0.2, 0.25) is 0 Å². The second-order valence-electron chi connectivity index (χ2n) is 3.29. The van der Waals surface area contributed by atoms with Gasteiger partial charge in [-0.2, -0.15) is 0 Å². The molecule has 0 aliphatic heterocycles. The summed E-state index contributed by atoms with van der Waals surface area (Å²) in [4.78, 5) is 11.3. The lowest BCUT2D eigenvalue weighted by atomic mass is 10.2. The van der Waals surface area contributed by atoms with E-state index in [-0.39, 0.29) is 6.42 Å². The summed E-state index contributed by atoms with van der Waals surface area (Å²) in [5, 5.41) is 2.21. The fraction of sp³-hybridized carbons (Fsp3) is 0.364. The number of benzene rings is 1. The van der Waals surface area contributed by atoms with Crippen LogP contribution in [0.25, 0.3) is 0 Å². The molecule has 1 amide bonds. The summed E-state index contributed by atoms with van der Waals surface area (Å²) >= 11 is 5.44. The van der Waals surface area contributed by atoms with Crippen LogP contribution in [0.15, 0.2) is 18.2 Å². The molecule has 0 unspecified atom stereocenters. The summed E-state index contributed by atoms with van der Waals surface area (Å²) in [6.07, 6.45) is 1.51. The molecule has 0 bridgehead atoms. The van der Waals surface area contributed by atoms with Crippen LogP contribution in [0.4, 0.5) is 14.5 Å². The fourth-order valence-corrected chi connectivity index (χ4v) is 1.39. The van der Waals surface area contributed by atoms with E-state index in [4.69, 9.17) is 11.6 Å². The molecule has 1 N–H and O–H groups in total. The summed E-state index contributed by atoms with van der Waals surface area (Å²) in [7, 11) is 0. The number of nitrogens with one attached hydrogen (secondary N) is 1. The molecule has 0 fully saturated rings. The Morgan fingerprint density at radius 3 is 2.44 bits per heavy atom. The molecule has 0 atom stereocenters. The Kier molecular flexibility index (Phi) is 5.19. The Morgan fingerprint density at radius 2 is 1.88 bits per heavy atom. The third-order valence-corrected chi connectivity index (χ3v) is 2.28. The van der Waals surface area contributed by atoms with Crippen molar-refractivity contribution in [1.82, 2.24) is 0 Å². The maximum Gasteiger partial charge on any atom is 0.224 e. The number of amides is 1. The van der Waals surface area contributed by atoms with Crippen molar-refractivity contribution in [1.29, 1.82) is 0 Å². The molecule has 0 heterocycles. The number of alkyl halides is 1. The van der Waals surface area contributed by atoms with Crippen molar-refractivity contribution in [3.8, 4) is 0 Å². The largest absolute Gasteiger partial charge is 0.321 e. The van der Waals surface area contributed by atoms with Crippen molar-refractivity contribution in [3.05, 3.63) is 29.8 Å². The maximum absolute atomic E-state index is 13.1. The van der Waals surface area contributed by atoms with Gasteiger partial charge in [-0.15, -0.1) is 11.6 Å². The Balaban J connectivity index is 2.56. The van der Waals surface area contributed by atoms with Gasteiger partial charge in [-0.25, -0.2) is 8.78 Å². The summed E-state index contributed by atoms with van der Waals surface area (Å²) in [5.74, 6) is -1.48. The zero-order chi connectivity index (χ0) is 12.0. The third kappa shape index (κ3) is 3.77. The van der Waals surface area contributed by atoms with Crippen molar-refractivity contribution in [2.24, 2.45) is 0 Å². The first-order valence-corrected chi connectivity index (χ1v) is 5.48. The molecule has 0 spiro atoms. The molecule has 1 aromatic carbocycles. The van der Waals surface area contributed by atoms with Gasteiger partial charge in [-0.05, 0) is 25.0 Å². The van der Waals surface area contributed by atoms with E-state index in [0.717, 1.165) is 12.1 Å². The molecule has 2 nitrogen and oxygen atoms in total. The summed E-state index contributed by atoms with van der Waals surface area (Å²) in [6.45, 7) is 0. The number of anilines is 1. The molecule has 1 rings (SSSR count). The zero-order valence-electron chi connectivity index (χ0n) is 8.60. The van der Waals surface area contributed by atoms with E-state index in [1.807, 2.05) is 0 Å². The molecule has 0 aliphatic carbocycles. The van der Waals surface area contributed by atoms with Crippen LogP contribution in [0.5, 0.6) is 0 Å². The molecule has 0 saturated carbocycles. The number of rotatable bonds is 5. The number of hydrogen-bond donors (Lipinski definition) is 1. The molecular weight excluding hydrogens is 236 g/mol. The van der Waals surface area contributed by atoms with E-state index >= 15 is 0 Å². The predicted molar refractivity (Wildman–Crippen MR) is 59.6 cm³/mol. The lowest BCUT2D eigenvalue weighted by Gasteiger charge is -2.06. The number of carbonyl (C=O) groups excluding carboxylic acids is 1. The highest BCUT2D eigenvalue weighted by molar-refractivity contribution is 6.17. The first-order chi connectivity index (χ1) is 7.65. The van der Waals surface area contributed by atoms with Gasteiger partial charge in [-0.3, -0.25) is 4.79 Å². The number of para-hydroxylation sites is 1. The standard InChI is InChI=1S/C11H12ClF2NO/c12-7-2-1-6-10(16)15-11-8(13)4-3-5-9(11)14/h3-5H,1-2,6-7H2,(H,15,16). The van der Waals surface area contributed by atoms with Crippen LogP contribution >= 0.6 is 11.6 Å². The van der Waals surface area contributed by atoms with Crippen molar-refractivity contribution in [3.63, 3.8) is 0 Å². The summed E-state index contributed by atoms with van der Waals surface area (Å²) < 4.78 is 26.2. The Bertz CT molecular complexity index is 351. The van der Waals surface area contributed by atoms with Crippen molar-refractivity contribution >= 4 is 23.2 Å². The van der Waals surface area contributed by atoms with Gasteiger partial charge >= 0.3 is 0 Å². The van der Waals surface area contributed by atoms with E-state index in [0.29, 0.717) is 18.7 Å². The van der Waals surface area contributed by atoms with E-state index in [9.17, 15) is 13.6 Å². The molecule has 5 heteroatoms. The predicted octanol–water partition coefficient (Wildman–Crippen LogP) is 3.31.